The van der Waals surface area contributed by atoms with Gasteiger partial charge in [-0.3, -0.25) is 9.59 Å². The van der Waals surface area contributed by atoms with E-state index in [-0.39, 0.29) is 12.6 Å². The van der Waals surface area contributed by atoms with Crippen LogP contribution in [0.1, 0.15) is 39.2 Å². The Balaban J connectivity index is 2.59. The molecular weight excluding hydrogens is 344 g/mol. The van der Waals surface area contributed by atoms with Gasteiger partial charge in [-0.25, -0.2) is 5.43 Å². The maximum absolute atomic E-state index is 11.9. The minimum absolute atomic E-state index is 0.183. The number of hydrogen-bond donors (Lipinski definition) is 1. The maximum atomic E-state index is 11.9. The molecule has 0 aromatic heterocycles. The van der Waals surface area contributed by atoms with Gasteiger partial charge in [0.05, 0.1) is 12.5 Å². The van der Waals surface area contributed by atoms with Crippen LogP contribution in [0.3, 0.4) is 0 Å². The van der Waals surface area contributed by atoms with Crippen LogP contribution in [-0.2, 0) is 14.3 Å². The topological polar surface area (TPSA) is 77.0 Å². The normalized spacial score (nSPS) is 12.4. The fourth-order valence-corrected chi connectivity index (χ4v) is 2.43. The number of amides is 1. The molecule has 0 aliphatic rings. The quantitative estimate of drug-likeness (QED) is 0.411. The van der Waals surface area contributed by atoms with E-state index < -0.39 is 11.8 Å². The molecule has 0 fully saturated rings. The van der Waals surface area contributed by atoms with Crippen molar-refractivity contribution >= 4 is 29.2 Å². The zero-order chi connectivity index (χ0) is 18.8. The molecule has 0 saturated carbocycles. The highest BCUT2D eigenvalue weighted by Crippen LogP contribution is 2.21. The van der Waals surface area contributed by atoms with Crippen LogP contribution in [0.15, 0.2) is 23.3 Å². The highest BCUT2D eigenvalue weighted by Gasteiger charge is 2.22. The SMILES string of the molecule is CCC[C@@H](C(=O)OCC)/C(C)=N\NC(=O)COc1ccc(Cl)cc1C. The van der Waals surface area contributed by atoms with Crippen LogP contribution >= 0.6 is 11.6 Å². The number of ether oxygens (including phenoxy) is 2. The summed E-state index contributed by atoms with van der Waals surface area (Å²) in [5.74, 6) is -0.610. The first kappa shape index (κ1) is 21.0. The first-order valence-electron chi connectivity index (χ1n) is 8.27. The van der Waals surface area contributed by atoms with Crippen molar-refractivity contribution in [2.75, 3.05) is 13.2 Å². The summed E-state index contributed by atoms with van der Waals surface area (Å²) in [6.45, 7) is 7.40. The molecule has 1 rings (SSSR count). The van der Waals surface area contributed by atoms with Crippen molar-refractivity contribution in [2.45, 2.75) is 40.5 Å². The number of carbonyl (C=O) groups excluding carboxylic acids is 2. The number of aryl methyl sites for hydroxylation is 1. The molecule has 1 atom stereocenters. The van der Waals surface area contributed by atoms with Crippen molar-refractivity contribution in [2.24, 2.45) is 11.0 Å². The molecule has 0 aliphatic heterocycles. The van der Waals surface area contributed by atoms with Crippen molar-refractivity contribution in [1.29, 1.82) is 0 Å². The lowest BCUT2D eigenvalue weighted by Crippen LogP contribution is -2.30. The van der Waals surface area contributed by atoms with Crippen molar-refractivity contribution in [3.63, 3.8) is 0 Å². The van der Waals surface area contributed by atoms with E-state index in [0.717, 1.165) is 12.0 Å². The Hall–Kier alpha value is -2.08. The van der Waals surface area contributed by atoms with Crippen molar-refractivity contribution in [3.8, 4) is 5.75 Å². The number of hydrazone groups is 1. The van der Waals surface area contributed by atoms with Crippen LogP contribution < -0.4 is 10.2 Å². The van der Waals surface area contributed by atoms with Crippen molar-refractivity contribution < 1.29 is 19.1 Å². The van der Waals surface area contributed by atoms with Crippen molar-refractivity contribution in [1.82, 2.24) is 5.43 Å². The van der Waals surface area contributed by atoms with E-state index in [2.05, 4.69) is 10.5 Å². The first-order chi connectivity index (χ1) is 11.9. The lowest BCUT2D eigenvalue weighted by Gasteiger charge is -2.14. The molecule has 0 saturated heterocycles. The van der Waals surface area contributed by atoms with Crippen LogP contribution in [-0.4, -0.2) is 30.8 Å². The summed E-state index contributed by atoms with van der Waals surface area (Å²) in [6.07, 6.45) is 1.42. The average molecular weight is 369 g/mol. The Morgan fingerprint density at radius 3 is 2.64 bits per heavy atom. The van der Waals surface area contributed by atoms with Crippen LogP contribution in [0.2, 0.25) is 5.02 Å². The Morgan fingerprint density at radius 1 is 1.32 bits per heavy atom. The predicted octanol–water partition coefficient (Wildman–Crippen LogP) is 3.50. The third kappa shape index (κ3) is 7.13. The number of rotatable bonds is 9. The summed E-state index contributed by atoms with van der Waals surface area (Å²) >= 11 is 5.88. The maximum Gasteiger partial charge on any atom is 0.314 e. The second-order valence-electron chi connectivity index (χ2n) is 5.58. The lowest BCUT2D eigenvalue weighted by atomic mass is 9.99. The van der Waals surface area contributed by atoms with E-state index in [0.29, 0.717) is 29.5 Å². The second kappa shape index (κ2) is 10.7. The molecule has 0 spiro atoms. The molecule has 0 aliphatic carbocycles. The van der Waals surface area contributed by atoms with Gasteiger partial charge in [-0.2, -0.15) is 5.10 Å². The van der Waals surface area contributed by atoms with E-state index in [1.165, 1.54) is 0 Å². The first-order valence-corrected chi connectivity index (χ1v) is 8.65. The molecule has 25 heavy (non-hydrogen) atoms. The molecule has 1 N–H and O–H groups in total. The summed E-state index contributed by atoms with van der Waals surface area (Å²) in [4.78, 5) is 23.8. The Kier molecular flexibility index (Phi) is 8.99. The summed E-state index contributed by atoms with van der Waals surface area (Å²) < 4.78 is 10.5. The Morgan fingerprint density at radius 2 is 2.04 bits per heavy atom. The second-order valence-corrected chi connectivity index (χ2v) is 6.02. The fourth-order valence-electron chi connectivity index (χ4n) is 2.21. The summed E-state index contributed by atoms with van der Waals surface area (Å²) in [5.41, 5.74) is 3.76. The highest BCUT2D eigenvalue weighted by molar-refractivity contribution is 6.30. The summed E-state index contributed by atoms with van der Waals surface area (Å²) in [7, 11) is 0. The van der Waals surface area contributed by atoms with E-state index in [9.17, 15) is 9.59 Å². The number of carbonyl (C=O) groups is 2. The van der Waals surface area contributed by atoms with Gasteiger partial charge < -0.3 is 9.47 Å². The third-order valence-corrected chi connectivity index (χ3v) is 3.74. The summed E-state index contributed by atoms with van der Waals surface area (Å²) in [5, 5.41) is 4.62. The monoisotopic (exact) mass is 368 g/mol. The Bertz CT molecular complexity index is 632. The molecular formula is C18H25ClN2O4. The molecule has 0 heterocycles. The molecule has 138 valence electrons. The van der Waals surface area contributed by atoms with Gasteiger partial charge in [0.15, 0.2) is 6.61 Å². The number of halogens is 1. The predicted molar refractivity (Wildman–Crippen MR) is 98.0 cm³/mol. The highest BCUT2D eigenvalue weighted by atomic mass is 35.5. The van der Waals surface area contributed by atoms with Gasteiger partial charge in [0, 0.05) is 10.7 Å². The number of benzene rings is 1. The minimum atomic E-state index is -0.454. The fraction of sp³-hybridized carbons (Fsp3) is 0.500. The van der Waals surface area contributed by atoms with Crippen LogP contribution in [0.5, 0.6) is 5.75 Å². The molecule has 1 amide bonds. The van der Waals surface area contributed by atoms with Gasteiger partial charge in [-0.15, -0.1) is 0 Å². The minimum Gasteiger partial charge on any atom is -0.483 e. The molecule has 1 aromatic carbocycles. The van der Waals surface area contributed by atoms with Crippen LogP contribution in [0.25, 0.3) is 0 Å². The van der Waals surface area contributed by atoms with Crippen molar-refractivity contribution in [3.05, 3.63) is 28.8 Å². The standard InChI is InChI=1S/C18H25ClN2O4/c1-5-7-15(18(23)24-6-2)13(4)20-21-17(22)11-25-16-9-8-14(19)10-12(16)3/h8-10,15H,5-7,11H2,1-4H3,(H,21,22)/b20-13-/t15-/m1/s1. The number of esters is 1. The van der Waals surface area contributed by atoms with E-state index in [1.807, 2.05) is 13.8 Å². The largest absolute Gasteiger partial charge is 0.483 e. The van der Waals surface area contributed by atoms with Gasteiger partial charge in [-0.05, 0) is 51.0 Å². The number of hydrogen-bond acceptors (Lipinski definition) is 5. The molecule has 6 nitrogen and oxygen atoms in total. The molecule has 0 bridgehead atoms. The zero-order valence-electron chi connectivity index (χ0n) is 15.1. The smallest absolute Gasteiger partial charge is 0.314 e. The molecule has 1 aromatic rings. The van der Waals surface area contributed by atoms with E-state index in [4.69, 9.17) is 21.1 Å². The Labute approximate surface area is 153 Å². The molecule has 0 unspecified atom stereocenters. The lowest BCUT2D eigenvalue weighted by molar-refractivity contribution is -0.145. The number of nitrogens with zero attached hydrogens (tertiary/aromatic N) is 1. The van der Waals surface area contributed by atoms with Crippen LogP contribution in [0, 0.1) is 12.8 Å². The van der Waals surface area contributed by atoms with Crippen LogP contribution in [0.4, 0.5) is 0 Å². The van der Waals surface area contributed by atoms with E-state index >= 15 is 0 Å². The molecule has 0 radical (unpaired) electrons. The average Bonchev–Trinajstić information content (AvgIpc) is 2.56. The summed E-state index contributed by atoms with van der Waals surface area (Å²) in [6, 6.07) is 5.15. The molecule has 7 heteroatoms. The van der Waals surface area contributed by atoms with Gasteiger partial charge >= 0.3 is 5.97 Å². The van der Waals surface area contributed by atoms with Gasteiger partial charge in [0.25, 0.3) is 5.91 Å². The van der Waals surface area contributed by atoms with E-state index in [1.54, 1.807) is 32.0 Å². The zero-order valence-corrected chi connectivity index (χ0v) is 15.9. The van der Waals surface area contributed by atoms with Gasteiger partial charge in [0.1, 0.15) is 5.75 Å². The number of nitrogens with one attached hydrogen (secondary N) is 1. The third-order valence-electron chi connectivity index (χ3n) is 3.51. The van der Waals surface area contributed by atoms with Gasteiger partial charge in [0.2, 0.25) is 0 Å². The van der Waals surface area contributed by atoms with Gasteiger partial charge in [-0.1, -0.05) is 24.9 Å².